The van der Waals surface area contributed by atoms with E-state index in [0.29, 0.717) is 55.0 Å². The first-order valence-electron chi connectivity index (χ1n) is 11.6. The normalized spacial score (nSPS) is 17.9. The Hall–Kier alpha value is -2.56. The van der Waals surface area contributed by atoms with E-state index in [0.717, 1.165) is 29.9 Å². The minimum atomic E-state index is -3.63. The van der Waals surface area contributed by atoms with Gasteiger partial charge >= 0.3 is 0 Å². The van der Waals surface area contributed by atoms with Crippen LogP contribution in [0.1, 0.15) is 62.8 Å². The number of sulfonamides is 1. The molecule has 1 N–H and O–H groups in total. The molecule has 0 atom stereocenters. The number of carbonyl (C=O) groups is 1. The number of benzene rings is 1. The lowest BCUT2D eigenvalue weighted by Gasteiger charge is -2.30. The molecule has 0 spiro atoms. The van der Waals surface area contributed by atoms with Gasteiger partial charge in [0.2, 0.25) is 17.6 Å². The third-order valence-corrected chi connectivity index (χ3v) is 9.78. The van der Waals surface area contributed by atoms with Crippen LogP contribution in [0.15, 0.2) is 44.4 Å². The summed E-state index contributed by atoms with van der Waals surface area (Å²) in [5.74, 6) is 1.56. The molecule has 3 aromatic rings. The molecule has 2 aromatic heterocycles. The molecule has 10 heteroatoms. The third-order valence-electron chi connectivity index (χ3n) is 6.47. The molecule has 5 rings (SSSR count). The molecule has 3 heterocycles. The number of anilines is 1. The van der Waals surface area contributed by atoms with Crippen LogP contribution in [0.2, 0.25) is 0 Å². The first-order chi connectivity index (χ1) is 16.3. The molecule has 180 valence electrons. The molecular weight excluding hydrogens is 472 g/mol. The zero-order valence-corrected chi connectivity index (χ0v) is 20.9. The van der Waals surface area contributed by atoms with Gasteiger partial charge in [-0.25, -0.2) is 8.42 Å². The molecule has 1 amide bonds. The van der Waals surface area contributed by atoms with E-state index < -0.39 is 10.0 Å². The van der Waals surface area contributed by atoms with Crippen LogP contribution < -0.4 is 5.32 Å². The van der Waals surface area contributed by atoms with E-state index >= 15 is 0 Å². The monoisotopic (exact) mass is 500 g/mol. The quantitative estimate of drug-likeness (QED) is 0.498. The van der Waals surface area contributed by atoms with Gasteiger partial charge in [0, 0.05) is 41.6 Å². The second-order valence-corrected chi connectivity index (χ2v) is 12.4. The summed E-state index contributed by atoms with van der Waals surface area (Å²) < 4.78 is 33.4. The van der Waals surface area contributed by atoms with Gasteiger partial charge in [-0.15, -0.1) is 11.3 Å². The van der Waals surface area contributed by atoms with Gasteiger partial charge in [-0.05, 0) is 55.4 Å². The fourth-order valence-corrected chi connectivity index (χ4v) is 6.88. The number of aromatic nitrogens is 2. The Morgan fingerprint density at radius 2 is 1.85 bits per heavy atom. The van der Waals surface area contributed by atoms with Gasteiger partial charge in [0.05, 0.1) is 0 Å². The smallest absolute Gasteiger partial charge is 0.252 e. The van der Waals surface area contributed by atoms with Crippen molar-refractivity contribution in [2.75, 3.05) is 18.4 Å². The van der Waals surface area contributed by atoms with Gasteiger partial charge in [0.25, 0.3) is 10.0 Å². The number of carbonyl (C=O) groups excluding carboxylic acids is 1. The minimum absolute atomic E-state index is 0.0590. The van der Waals surface area contributed by atoms with E-state index in [-0.39, 0.29) is 16.0 Å². The summed E-state index contributed by atoms with van der Waals surface area (Å²) in [6.07, 6.45) is 3.10. The molecule has 1 aliphatic carbocycles. The molecule has 2 fully saturated rings. The number of nitrogens with one attached hydrogen (secondary N) is 1. The molecule has 8 nitrogen and oxygen atoms in total. The van der Waals surface area contributed by atoms with Crippen molar-refractivity contribution in [1.82, 2.24) is 14.4 Å². The Labute approximate surface area is 203 Å². The first kappa shape index (κ1) is 23.2. The van der Waals surface area contributed by atoms with Gasteiger partial charge in [0.15, 0.2) is 0 Å². The molecule has 1 aliphatic heterocycles. The van der Waals surface area contributed by atoms with Crippen LogP contribution >= 0.6 is 11.3 Å². The van der Waals surface area contributed by atoms with Gasteiger partial charge in [-0.1, -0.05) is 31.1 Å². The standard InChI is InChI=1S/C24H28N4O4S2/c1-15(2)16-5-7-20(8-6-16)25-23(29)17-9-11-28(12-10-17)34(30,31)21-13-19(14-33-21)22-26-24(32-27-22)18-3-4-18/h5-8,13-15,17-18H,3-4,9-12H2,1-2H3,(H,25,29). The van der Waals surface area contributed by atoms with Crippen molar-refractivity contribution < 1.29 is 17.7 Å². The van der Waals surface area contributed by atoms with E-state index in [2.05, 4.69) is 29.3 Å². The summed E-state index contributed by atoms with van der Waals surface area (Å²) in [5.41, 5.74) is 2.63. The summed E-state index contributed by atoms with van der Waals surface area (Å²) in [7, 11) is -3.63. The third kappa shape index (κ3) is 4.80. The van der Waals surface area contributed by atoms with Gasteiger partial charge in [-0.3, -0.25) is 4.79 Å². The highest BCUT2D eigenvalue weighted by molar-refractivity contribution is 7.91. The summed E-state index contributed by atoms with van der Waals surface area (Å²) in [6.45, 7) is 4.88. The summed E-state index contributed by atoms with van der Waals surface area (Å²) in [6, 6.07) is 9.48. The van der Waals surface area contributed by atoms with E-state index in [4.69, 9.17) is 4.52 Å². The maximum Gasteiger partial charge on any atom is 0.252 e. The summed E-state index contributed by atoms with van der Waals surface area (Å²) in [4.78, 5) is 17.1. The molecule has 1 aromatic carbocycles. The molecule has 0 radical (unpaired) electrons. The molecule has 0 unspecified atom stereocenters. The zero-order valence-electron chi connectivity index (χ0n) is 19.2. The number of thiophene rings is 1. The molecule has 1 saturated carbocycles. The zero-order chi connectivity index (χ0) is 23.9. The Morgan fingerprint density at radius 1 is 1.15 bits per heavy atom. The predicted molar refractivity (Wildman–Crippen MR) is 130 cm³/mol. The minimum Gasteiger partial charge on any atom is -0.339 e. The highest BCUT2D eigenvalue weighted by atomic mass is 32.2. The predicted octanol–water partition coefficient (Wildman–Crippen LogP) is 4.84. The van der Waals surface area contributed by atoms with Crippen molar-refractivity contribution in [3.8, 4) is 11.4 Å². The van der Waals surface area contributed by atoms with Crippen molar-refractivity contribution in [3.63, 3.8) is 0 Å². The van der Waals surface area contributed by atoms with Crippen LogP contribution in [0.3, 0.4) is 0 Å². The van der Waals surface area contributed by atoms with E-state index in [1.807, 2.05) is 24.3 Å². The number of hydrogen-bond acceptors (Lipinski definition) is 7. The lowest BCUT2D eigenvalue weighted by Crippen LogP contribution is -2.41. The number of rotatable bonds is 7. The maximum absolute atomic E-state index is 13.2. The van der Waals surface area contributed by atoms with Crippen molar-refractivity contribution in [1.29, 1.82) is 0 Å². The van der Waals surface area contributed by atoms with Crippen molar-refractivity contribution in [3.05, 3.63) is 47.2 Å². The van der Waals surface area contributed by atoms with Crippen LogP contribution in [-0.2, 0) is 14.8 Å². The number of hydrogen-bond donors (Lipinski definition) is 1. The van der Waals surface area contributed by atoms with Crippen molar-refractivity contribution in [2.24, 2.45) is 5.92 Å². The fourth-order valence-electron chi connectivity index (χ4n) is 4.10. The Bertz CT molecular complexity index is 1270. The lowest BCUT2D eigenvalue weighted by atomic mass is 9.97. The molecule has 34 heavy (non-hydrogen) atoms. The van der Waals surface area contributed by atoms with Gasteiger partial charge < -0.3 is 9.84 Å². The van der Waals surface area contributed by atoms with Crippen LogP contribution in [0.4, 0.5) is 5.69 Å². The Balaban J connectivity index is 1.19. The van der Waals surface area contributed by atoms with E-state index in [9.17, 15) is 13.2 Å². The topological polar surface area (TPSA) is 105 Å². The molecule has 0 bridgehead atoms. The maximum atomic E-state index is 13.2. The average Bonchev–Trinajstić information content (AvgIpc) is 3.34. The summed E-state index contributed by atoms with van der Waals surface area (Å²) in [5, 5.41) is 8.72. The van der Waals surface area contributed by atoms with E-state index in [1.165, 1.54) is 9.87 Å². The van der Waals surface area contributed by atoms with Crippen LogP contribution in [0.25, 0.3) is 11.4 Å². The first-order valence-corrected chi connectivity index (χ1v) is 14.0. The Kier molecular flexibility index (Phi) is 6.30. The number of piperidine rings is 1. The van der Waals surface area contributed by atoms with Crippen LogP contribution in [-0.4, -0.2) is 41.9 Å². The van der Waals surface area contributed by atoms with Crippen LogP contribution in [0.5, 0.6) is 0 Å². The number of amides is 1. The summed E-state index contributed by atoms with van der Waals surface area (Å²) >= 11 is 1.16. The SMILES string of the molecule is CC(C)c1ccc(NC(=O)C2CCN(S(=O)(=O)c3cc(-c4noc(C5CC5)n4)cs3)CC2)cc1. The van der Waals surface area contributed by atoms with Gasteiger partial charge in [-0.2, -0.15) is 9.29 Å². The molecule has 2 aliphatic rings. The average molecular weight is 501 g/mol. The highest BCUT2D eigenvalue weighted by Gasteiger charge is 2.34. The second-order valence-electron chi connectivity index (χ2n) is 9.33. The second kappa shape index (κ2) is 9.24. The highest BCUT2D eigenvalue weighted by Crippen LogP contribution is 2.40. The van der Waals surface area contributed by atoms with E-state index in [1.54, 1.807) is 11.4 Å². The lowest BCUT2D eigenvalue weighted by molar-refractivity contribution is -0.120. The van der Waals surface area contributed by atoms with Crippen molar-refractivity contribution >= 4 is 33.0 Å². The fraction of sp³-hybridized carbons (Fsp3) is 0.458. The largest absolute Gasteiger partial charge is 0.339 e. The van der Waals surface area contributed by atoms with Gasteiger partial charge in [0.1, 0.15) is 4.21 Å². The van der Waals surface area contributed by atoms with Crippen molar-refractivity contribution in [2.45, 2.75) is 55.6 Å². The molecular formula is C24H28N4O4S2. The molecule has 1 saturated heterocycles. The van der Waals surface area contributed by atoms with Crippen LogP contribution in [0, 0.1) is 5.92 Å². The number of nitrogens with zero attached hydrogens (tertiary/aromatic N) is 3. The Morgan fingerprint density at radius 3 is 2.50 bits per heavy atom.